The zero-order valence-corrected chi connectivity index (χ0v) is 18.9. The summed E-state index contributed by atoms with van der Waals surface area (Å²) in [6.07, 6.45) is 4.18. The van der Waals surface area contributed by atoms with Crippen molar-refractivity contribution in [3.8, 4) is 22.9 Å². The van der Waals surface area contributed by atoms with Crippen molar-refractivity contribution in [2.75, 3.05) is 7.11 Å². The molecule has 2 aromatic heterocycles. The van der Waals surface area contributed by atoms with Gasteiger partial charge in [0.1, 0.15) is 5.75 Å². The van der Waals surface area contributed by atoms with E-state index in [4.69, 9.17) is 19.2 Å². The molecule has 0 saturated heterocycles. The number of aromatic nitrogens is 3. The molecule has 0 aliphatic heterocycles. The molecule has 0 radical (unpaired) electrons. The number of ether oxygens (including phenoxy) is 3. The van der Waals surface area contributed by atoms with Crippen LogP contribution in [0, 0.1) is 12.8 Å². The quantitative estimate of drug-likeness (QED) is 0.629. The summed E-state index contributed by atoms with van der Waals surface area (Å²) in [4.78, 5) is 17.1. The lowest BCUT2D eigenvalue weighted by molar-refractivity contribution is -0.154. The standard InChI is InChI=1S/C23H33N3O4/c1-7-19-21(22(28-6)25-26(19)5)18-11-12-20(15(4)24-18)30-17-10-8-9-16(13-17)23(27)29-14(2)3/h11-12,14,16-17H,7-10,13H2,1-6H3/t16-,17-/m0/s1. The fourth-order valence-corrected chi connectivity index (χ4v) is 4.12. The summed E-state index contributed by atoms with van der Waals surface area (Å²) < 4.78 is 19.0. The van der Waals surface area contributed by atoms with Gasteiger partial charge in [0.2, 0.25) is 5.88 Å². The van der Waals surface area contributed by atoms with Gasteiger partial charge in [-0.2, -0.15) is 0 Å². The smallest absolute Gasteiger partial charge is 0.309 e. The molecule has 1 aliphatic carbocycles. The minimum Gasteiger partial charge on any atom is -0.489 e. The first-order chi connectivity index (χ1) is 14.3. The second kappa shape index (κ2) is 9.49. The summed E-state index contributed by atoms with van der Waals surface area (Å²) in [5.41, 5.74) is 3.63. The van der Waals surface area contributed by atoms with Gasteiger partial charge in [0, 0.05) is 7.05 Å². The van der Waals surface area contributed by atoms with Crippen LogP contribution < -0.4 is 9.47 Å². The van der Waals surface area contributed by atoms with E-state index in [2.05, 4.69) is 12.0 Å². The van der Waals surface area contributed by atoms with Crippen LogP contribution in [-0.4, -0.2) is 40.1 Å². The maximum absolute atomic E-state index is 12.3. The van der Waals surface area contributed by atoms with Crippen LogP contribution in [0.2, 0.25) is 0 Å². The van der Waals surface area contributed by atoms with Crippen LogP contribution in [0.15, 0.2) is 12.1 Å². The van der Waals surface area contributed by atoms with Crippen LogP contribution in [0.3, 0.4) is 0 Å². The number of esters is 1. The highest BCUT2D eigenvalue weighted by atomic mass is 16.5. The third kappa shape index (κ3) is 4.77. The summed E-state index contributed by atoms with van der Waals surface area (Å²) in [7, 11) is 3.54. The molecule has 2 heterocycles. The van der Waals surface area contributed by atoms with Gasteiger partial charge >= 0.3 is 5.97 Å². The fourth-order valence-electron chi connectivity index (χ4n) is 4.12. The third-order valence-electron chi connectivity index (χ3n) is 5.56. The highest BCUT2D eigenvalue weighted by molar-refractivity contribution is 5.72. The molecule has 7 nitrogen and oxygen atoms in total. The van der Waals surface area contributed by atoms with Crippen molar-refractivity contribution in [3.63, 3.8) is 0 Å². The number of hydrogen-bond acceptors (Lipinski definition) is 6. The molecular formula is C23H33N3O4. The first-order valence-electron chi connectivity index (χ1n) is 10.8. The van der Waals surface area contributed by atoms with Crippen molar-refractivity contribution in [1.82, 2.24) is 14.8 Å². The summed E-state index contributed by atoms with van der Waals surface area (Å²) in [5, 5.41) is 4.45. The Labute approximate surface area is 178 Å². The largest absolute Gasteiger partial charge is 0.489 e. The van der Waals surface area contributed by atoms with Gasteiger partial charge in [-0.15, -0.1) is 5.10 Å². The van der Waals surface area contributed by atoms with E-state index in [1.165, 1.54) is 0 Å². The maximum atomic E-state index is 12.3. The van der Waals surface area contributed by atoms with Gasteiger partial charge in [-0.05, 0) is 65.0 Å². The number of aryl methyl sites for hydroxylation is 2. The van der Waals surface area contributed by atoms with Gasteiger partial charge in [-0.3, -0.25) is 9.48 Å². The SMILES string of the molecule is CCc1c(-c2ccc(O[C@H]3CCC[C@H](C(=O)OC(C)C)C3)c(C)n2)c(OC)nn1C. The van der Waals surface area contributed by atoms with Gasteiger partial charge < -0.3 is 14.2 Å². The maximum Gasteiger partial charge on any atom is 0.309 e. The first kappa shape index (κ1) is 22.1. The molecule has 3 rings (SSSR count). The molecule has 0 N–H and O–H groups in total. The van der Waals surface area contributed by atoms with Gasteiger partial charge in [-0.25, -0.2) is 4.98 Å². The molecule has 2 aromatic rings. The Morgan fingerprint density at radius 3 is 2.70 bits per heavy atom. The second-order valence-corrected chi connectivity index (χ2v) is 8.18. The number of rotatable bonds is 7. The number of hydrogen-bond donors (Lipinski definition) is 0. The third-order valence-corrected chi connectivity index (χ3v) is 5.56. The van der Waals surface area contributed by atoms with Gasteiger partial charge in [-0.1, -0.05) is 6.92 Å². The highest BCUT2D eigenvalue weighted by Crippen LogP contribution is 2.35. The molecule has 0 aromatic carbocycles. The van der Waals surface area contributed by atoms with Crippen molar-refractivity contribution in [2.24, 2.45) is 13.0 Å². The number of carbonyl (C=O) groups excluding carboxylic acids is 1. The summed E-state index contributed by atoms with van der Waals surface area (Å²) >= 11 is 0. The first-order valence-corrected chi connectivity index (χ1v) is 10.8. The Balaban J connectivity index is 1.76. The summed E-state index contributed by atoms with van der Waals surface area (Å²) in [6.45, 7) is 7.80. The Kier molecular flexibility index (Phi) is 7.00. The molecule has 7 heteroatoms. The van der Waals surface area contributed by atoms with E-state index in [1.807, 2.05) is 44.6 Å². The van der Waals surface area contributed by atoms with E-state index >= 15 is 0 Å². The Morgan fingerprint density at radius 2 is 2.07 bits per heavy atom. The van der Waals surface area contributed by atoms with E-state index in [-0.39, 0.29) is 24.1 Å². The number of pyridine rings is 1. The van der Waals surface area contributed by atoms with Crippen LogP contribution in [0.4, 0.5) is 0 Å². The topological polar surface area (TPSA) is 75.5 Å². The molecule has 1 saturated carbocycles. The van der Waals surface area contributed by atoms with Crippen LogP contribution in [0.25, 0.3) is 11.3 Å². The molecule has 0 bridgehead atoms. The second-order valence-electron chi connectivity index (χ2n) is 8.18. The van der Waals surface area contributed by atoms with Crippen LogP contribution in [-0.2, 0) is 23.0 Å². The lowest BCUT2D eigenvalue weighted by Crippen LogP contribution is -2.31. The number of carbonyl (C=O) groups is 1. The van der Waals surface area contributed by atoms with Crippen molar-refractivity contribution in [1.29, 1.82) is 0 Å². The molecule has 2 atom stereocenters. The van der Waals surface area contributed by atoms with E-state index in [0.717, 1.165) is 54.1 Å². The Hall–Kier alpha value is -2.57. The lowest BCUT2D eigenvalue weighted by Gasteiger charge is -2.29. The van der Waals surface area contributed by atoms with E-state index < -0.39 is 0 Å². The van der Waals surface area contributed by atoms with Crippen LogP contribution in [0.5, 0.6) is 11.6 Å². The molecule has 164 valence electrons. The normalized spacial score (nSPS) is 19.0. The van der Waals surface area contributed by atoms with E-state index in [0.29, 0.717) is 12.3 Å². The van der Waals surface area contributed by atoms with Crippen molar-refractivity contribution in [3.05, 3.63) is 23.5 Å². The molecule has 0 amide bonds. The van der Waals surface area contributed by atoms with E-state index in [9.17, 15) is 4.79 Å². The van der Waals surface area contributed by atoms with Gasteiger partial charge in [0.05, 0.1) is 47.9 Å². The average molecular weight is 416 g/mol. The van der Waals surface area contributed by atoms with Gasteiger partial charge in [0.15, 0.2) is 0 Å². The predicted molar refractivity (Wildman–Crippen MR) is 115 cm³/mol. The lowest BCUT2D eigenvalue weighted by atomic mass is 9.87. The van der Waals surface area contributed by atoms with Crippen molar-refractivity contribution in [2.45, 2.75) is 72.0 Å². The van der Waals surface area contributed by atoms with E-state index in [1.54, 1.807) is 7.11 Å². The molecular weight excluding hydrogens is 382 g/mol. The Morgan fingerprint density at radius 1 is 1.30 bits per heavy atom. The molecule has 1 aliphatic rings. The fraction of sp³-hybridized carbons (Fsp3) is 0.609. The average Bonchev–Trinajstić information content (AvgIpc) is 3.04. The molecule has 0 spiro atoms. The summed E-state index contributed by atoms with van der Waals surface area (Å²) in [5.74, 6) is 1.13. The minimum atomic E-state index is -0.112. The predicted octanol–water partition coefficient (Wildman–Crippen LogP) is 4.25. The van der Waals surface area contributed by atoms with Crippen molar-refractivity contribution >= 4 is 5.97 Å². The van der Waals surface area contributed by atoms with Crippen molar-refractivity contribution < 1.29 is 19.0 Å². The zero-order chi connectivity index (χ0) is 21.8. The zero-order valence-electron chi connectivity index (χ0n) is 18.9. The molecule has 0 unspecified atom stereocenters. The highest BCUT2D eigenvalue weighted by Gasteiger charge is 2.30. The van der Waals surface area contributed by atoms with Gasteiger partial charge in [0.25, 0.3) is 0 Å². The number of nitrogens with zero attached hydrogens (tertiary/aromatic N) is 3. The molecule has 1 fully saturated rings. The monoisotopic (exact) mass is 415 g/mol. The Bertz CT molecular complexity index is 891. The summed E-state index contributed by atoms with van der Waals surface area (Å²) in [6, 6.07) is 3.91. The van der Waals surface area contributed by atoms with Crippen LogP contribution in [0.1, 0.15) is 57.8 Å². The number of methoxy groups -OCH3 is 1. The van der Waals surface area contributed by atoms with Crippen LogP contribution >= 0.6 is 0 Å². The minimum absolute atomic E-state index is 0.00561. The molecule has 30 heavy (non-hydrogen) atoms.